The van der Waals surface area contributed by atoms with E-state index in [4.69, 9.17) is 11.6 Å². The number of rotatable bonds is 5. The van der Waals surface area contributed by atoms with Crippen molar-refractivity contribution in [2.45, 2.75) is 30.6 Å². The van der Waals surface area contributed by atoms with E-state index >= 15 is 0 Å². The first kappa shape index (κ1) is 22.6. The van der Waals surface area contributed by atoms with Crippen LogP contribution in [0.4, 0.5) is 13.2 Å². The molecule has 1 aliphatic rings. The molecule has 0 bridgehead atoms. The van der Waals surface area contributed by atoms with Crippen LogP contribution in [0.5, 0.6) is 0 Å². The highest BCUT2D eigenvalue weighted by atomic mass is 35.5. The summed E-state index contributed by atoms with van der Waals surface area (Å²) in [5, 5.41) is 2.33. The van der Waals surface area contributed by atoms with Gasteiger partial charge in [-0.15, -0.1) is 0 Å². The first-order valence-corrected chi connectivity index (χ1v) is 10.9. The van der Waals surface area contributed by atoms with Gasteiger partial charge in [0.05, 0.1) is 17.8 Å². The molecule has 0 saturated carbocycles. The summed E-state index contributed by atoms with van der Waals surface area (Å²) < 4.78 is 67.7. The molecule has 164 valence electrons. The summed E-state index contributed by atoms with van der Waals surface area (Å²) in [5.74, 6) is -1.17. The Labute approximate surface area is 176 Å². The monoisotopic (exact) mass is 464 g/mol. The zero-order valence-electron chi connectivity index (χ0n) is 16.0. The minimum atomic E-state index is -4.61. The number of aryl methyl sites for hydroxylation is 1. The van der Waals surface area contributed by atoms with E-state index in [2.05, 4.69) is 10.3 Å². The van der Waals surface area contributed by atoms with Crippen LogP contribution < -0.4 is 5.32 Å². The van der Waals surface area contributed by atoms with E-state index < -0.39 is 33.6 Å². The van der Waals surface area contributed by atoms with Gasteiger partial charge in [0.25, 0.3) is 10.0 Å². The molecule has 30 heavy (non-hydrogen) atoms. The van der Waals surface area contributed by atoms with Crippen molar-refractivity contribution in [2.75, 3.05) is 13.1 Å². The maximum atomic E-state index is 13.2. The van der Waals surface area contributed by atoms with Gasteiger partial charge in [0.1, 0.15) is 0 Å². The normalized spacial score (nSPS) is 18.4. The van der Waals surface area contributed by atoms with E-state index in [9.17, 15) is 26.4 Å². The summed E-state index contributed by atoms with van der Waals surface area (Å²) in [4.78, 5) is 16.4. The van der Waals surface area contributed by atoms with Crippen LogP contribution in [0.2, 0.25) is 5.02 Å². The van der Waals surface area contributed by atoms with E-state index in [0.717, 1.165) is 6.07 Å². The molecule has 0 unspecified atom stereocenters. The summed E-state index contributed by atoms with van der Waals surface area (Å²) in [6.45, 7) is -0.149. The van der Waals surface area contributed by atoms with Gasteiger partial charge < -0.3 is 9.88 Å². The molecular weight excluding hydrogens is 445 g/mol. The zero-order chi connectivity index (χ0) is 22.1. The molecule has 1 aliphatic heterocycles. The Morgan fingerprint density at radius 3 is 2.73 bits per heavy atom. The lowest BCUT2D eigenvalue weighted by Gasteiger charge is -2.30. The van der Waals surface area contributed by atoms with Crippen molar-refractivity contribution in [1.82, 2.24) is 19.2 Å². The molecule has 1 atom stereocenters. The molecule has 2 aromatic rings. The lowest BCUT2D eigenvalue weighted by Crippen LogP contribution is -2.45. The number of benzene rings is 1. The Morgan fingerprint density at radius 2 is 2.10 bits per heavy atom. The molecule has 1 aromatic carbocycles. The van der Waals surface area contributed by atoms with Gasteiger partial charge in [-0.3, -0.25) is 4.79 Å². The lowest BCUT2D eigenvalue weighted by atomic mass is 9.98. The number of nitrogens with one attached hydrogen (secondary N) is 1. The molecule has 7 nitrogen and oxygen atoms in total. The summed E-state index contributed by atoms with van der Waals surface area (Å²) in [6.07, 6.45) is -0.974. The molecule has 3 rings (SSSR count). The molecule has 0 spiro atoms. The molecule has 0 aliphatic carbocycles. The molecule has 1 saturated heterocycles. The third kappa shape index (κ3) is 4.96. The number of carbonyl (C=O) groups excluding carboxylic acids is 1. The first-order valence-electron chi connectivity index (χ1n) is 9.10. The van der Waals surface area contributed by atoms with Crippen LogP contribution in [0.15, 0.2) is 35.7 Å². The van der Waals surface area contributed by atoms with Crippen molar-refractivity contribution >= 4 is 27.5 Å². The second kappa shape index (κ2) is 8.56. The minimum Gasteiger partial charge on any atom is -0.352 e. The number of imidazole rings is 1. The predicted octanol–water partition coefficient (Wildman–Crippen LogP) is 2.81. The molecule has 0 radical (unpaired) electrons. The second-order valence-electron chi connectivity index (χ2n) is 7.10. The number of hydrogen-bond donors (Lipinski definition) is 1. The summed E-state index contributed by atoms with van der Waals surface area (Å²) in [6, 6.07) is 3.34. The average Bonchev–Trinajstić information content (AvgIpc) is 3.13. The SMILES string of the molecule is Cn1cnc(S(=O)(=O)N2CCC[C@@H](C(=O)NCc3ccc(Cl)cc3C(F)(F)F)C2)c1. The second-order valence-corrected chi connectivity index (χ2v) is 9.42. The number of aromatic nitrogens is 2. The minimum absolute atomic E-state index is 0.0555. The Kier molecular flexibility index (Phi) is 6.44. The maximum Gasteiger partial charge on any atom is 0.416 e. The number of amides is 1. The zero-order valence-corrected chi connectivity index (χ0v) is 17.6. The van der Waals surface area contributed by atoms with Gasteiger partial charge in [-0.05, 0) is 30.5 Å². The van der Waals surface area contributed by atoms with Gasteiger partial charge in [-0.2, -0.15) is 17.5 Å². The fraction of sp³-hybridized carbons (Fsp3) is 0.444. The highest BCUT2D eigenvalue weighted by Crippen LogP contribution is 2.34. The third-order valence-electron chi connectivity index (χ3n) is 4.87. The average molecular weight is 465 g/mol. The largest absolute Gasteiger partial charge is 0.416 e. The van der Waals surface area contributed by atoms with Gasteiger partial charge in [-0.1, -0.05) is 17.7 Å². The van der Waals surface area contributed by atoms with Gasteiger partial charge in [-0.25, -0.2) is 13.4 Å². The molecule has 1 amide bonds. The fourth-order valence-electron chi connectivity index (χ4n) is 3.32. The van der Waals surface area contributed by atoms with Crippen molar-refractivity contribution in [1.29, 1.82) is 0 Å². The van der Waals surface area contributed by atoms with E-state index in [1.165, 1.54) is 33.5 Å². The highest BCUT2D eigenvalue weighted by Gasteiger charge is 2.36. The van der Waals surface area contributed by atoms with Crippen LogP contribution in [-0.2, 0) is 34.6 Å². The van der Waals surface area contributed by atoms with E-state index in [1.807, 2.05) is 0 Å². The van der Waals surface area contributed by atoms with Crippen molar-refractivity contribution in [2.24, 2.45) is 13.0 Å². The number of alkyl halides is 3. The van der Waals surface area contributed by atoms with Crippen molar-refractivity contribution in [3.05, 3.63) is 46.9 Å². The molecular formula is C18H20ClF3N4O3S. The molecule has 2 heterocycles. The van der Waals surface area contributed by atoms with Crippen LogP contribution in [-0.4, -0.2) is 41.3 Å². The number of nitrogens with zero attached hydrogens (tertiary/aromatic N) is 3. The lowest BCUT2D eigenvalue weighted by molar-refractivity contribution is -0.138. The topological polar surface area (TPSA) is 84.3 Å². The quantitative estimate of drug-likeness (QED) is 0.737. The fourth-order valence-corrected chi connectivity index (χ4v) is 4.98. The Balaban J connectivity index is 1.68. The van der Waals surface area contributed by atoms with Crippen molar-refractivity contribution in [3.8, 4) is 0 Å². The number of piperidine rings is 1. The number of sulfonamides is 1. The van der Waals surface area contributed by atoms with Gasteiger partial charge in [0.15, 0.2) is 5.03 Å². The van der Waals surface area contributed by atoms with E-state index in [1.54, 1.807) is 7.05 Å². The van der Waals surface area contributed by atoms with Gasteiger partial charge in [0, 0.05) is 37.9 Å². The van der Waals surface area contributed by atoms with Crippen molar-refractivity contribution in [3.63, 3.8) is 0 Å². The third-order valence-corrected chi connectivity index (χ3v) is 6.86. The summed E-state index contributed by atoms with van der Waals surface area (Å²) in [7, 11) is -2.20. The van der Waals surface area contributed by atoms with Gasteiger partial charge in [0.2, 0.25) is 5.91 Å². The smallest absolute Gasteiger partial charge is 0.352 e. The van der Waals surface area contributed by atoms with Crippen LogP contribution in [0.3, 0.4) is 0 Å². The standard InChI is InChI=1S/C18H20ClF3N4O3S/c1-25-10-16(24-11-25)30(28,29)26-6-2-3-13(9-26)17(27)23-8-12-4-5-14(19)7-15(12)18(20,21)22/h4-5,7,10-11,13H,2-3,6,8-9H2,1H3,(H,23,27)/t13-/m1/s1. The maximum absolute atomic E-state index is 13.2. The Hall–Kier alpha value is -2.11. The molecule has 1 aromatic heterocycles. The molecule has 1 N–H and O–H groups in total. The van der Waals surface area contributed by atoms with Crippen LogP contribution in [0.1, 0.15) is 24.0 Å². The van der Waals surface area contributed by atoms with E-state index in [0.29, 0.717) is 12.8 Å². The summed E-state index contributed by atoms with van der Waals surface area (Å²) >= 11 is 5.66. The molecule has 12 heteroatoms. The molecule has 1 fully saturated rings. The number of hydrogen-bond acceptors (Lipinski definition) is 4. The van der Waals surface area contributed by atoms with Gasteiger partial charge >= 0.3 is 6.18 Å². The number of halogens is 4. The Morgan fingerprint density at radius 1 is 1.37 bits per heavy atom. The Bertz CT molecular complexity index is 1040. The summed E-state index contributed by atoms with van der Waals surface area (Å²) in [5.41, 5.74) is -1.03. The van der Waals surface area contributed by atoms with Crippen LogP contribution in [0.25, 0.3) is 0 Å². The predicted molar refractivity (Wildman–Crippen MR) is 103 cm³/mol. The highest BCUT2D eigenvalue weighted by molar-refractivity contribution is 7.89. The van der Waals surface area contributed by atoms with Crippen LogP contribution in [0, 0.1) is 5.92 Å². The van der Waals surface area contributed by atoms with Crippen LogP contribution >= 0.6 is 11.6 Å². The first-order chi connectivity index (χ1) is 14.0. The van der Waals surface area contributed by atoms with E-state index in [-0.39, 0.29) is 35.2 Å². The number of carbonyl (C=O) groups is 1. The van der Waals surface area contributed by atoms with Crippen molar-refractivity contribution < 1.29 is 26.4 Å².